The summed E-state index contributed by atoms with van der Waals surface area (Å²) < 4.78 is 20.2. The number of hydrogen-bond donors (Lipinski definition) is 1. The van der Waals surface area contributed by atoms with Crippen molar-refractivity contribution < 1.29 is 24.0 Å². The molecule has 2 aromatic carbocycles. The Bertz CT molecular complexity index is 1520. The first kappa shape index (κ1) is 23.1. The van der Waals surface area contributed by atoms with Crippen LogP contribution >= 0.6 is 11.3 Å². The second kappa shape index (κ2) is 9.02. The van der Waals surface area contributed by atoms with Crippen LogP contribution in [0.5, 0.6) is 5.75 Å². The van der Waals surface area contributed by atoms with E-state index in [9.17, 15) is 29.2 Å². The van der Waals surface area contributed by atoms with Crippen molar-refractivity contribution in [2.45, 2.75) is 19.9 Å². The Kier molecular flexibility index (Phi) is 6.12. The Morgan fingerprint density at radius 2 is 2.03 bits per heavy atom. The minimum atomic E-state index is -0.920. The number of fused-ring (bicyclic) bond motifs is 1. The SMILES string of the molecule is CCOC(=O)C1=C(C)N=c2s/c(=C\c3cc([N+](=O)[O-])ccc3O)c(=O)n2[C@@H]1c1ccc(F)cc1. The Balaban J connectivity index is 1.96. The van der Waals surface area contributed by atoms with Crippen LogP contribution in [0.2, 0.25) is 0 Å². The third-order valence-corrected chi connectivity index (χ3v) is 6.19. The maximum absolute atomic E-state index is 13.6. The summed E-state index contributed by atoms with van der Waals surface area (Å²) in [5.74, 6) is -1.37. The number of nitro groups is 1. The van der Waals surface area contributed by atoms with Gasteiger partial charge in [-0.2, -0.15) is 0 Å². The molecular weight excluding hydrogens is 465 g/mol. The summed E-state index contributed by atoms with van der Waals surface area (Å²) in [6.45, 7) is 3.38. The molecular formula is C23H18FN3O6S. The van der Waals surface area contributed by atoms with E-state index in [1.54, 1.807) is 13.8 Å². The fraction of sp³-hybridized carbons (Fsp3) is 0.174. The zero-order chi connectivity index (χ0) is 24.6. The average molecular weight is 483 g/mol. The smallest absolute Gasteiger partial charge is 0.338 e. The van der Waals surface area contributed by atoms with E-state index in [2.05, 4.69) is 4.99 Å². The van der Waals surface area contributed by atoms with E-state index in [-0.39, 0.29) is 38.5 Å². The normalized spacial score (nSPS) is 15.6. The zero-order valence-electron chi connectivity index (χ0n) is 18.0. The maximum atomic E-state index is 13.6. The minimum Gasteiger partial charge on any atom is -0.507 e. The van der Waals surface area contributed by atoms with Crippen LogP contribution in [-0.2, 0) is 9.53 Å². The highest BCUT2D eigenvalue weighted by atomic mass is 32.1. The van der Waals surface area contributed by atoms with Gasteiger partial charge < -0.3 is 9.84 Å². The van der Waals surface area contributed by atoms with Crippen molar-refractivity contribution in [3.63, 3.8) is 0 Å². The van der Waals surface area contributed by atoms with Gasteiger partial charge in [0, 0.05) is 17.7 Å². The number of esters is 1. The Morgan fingerprint density at radius 3 is 2.68 bits per heavy atom. The van der Waals surface area contributed by atoms with Crippen LogP contribution in [0.3, 0.4) is 0 Å². The quantitative estimate of drug-likeness (QED) is 0.338. The number of carbonyl (C=O) groups is 1. The molecule has 1 N–H and O–H groups in total. The molecule has 0 amide bonds. The Hall–Kier alpha value is -4.12. The summed E-state index contributed by atoms with van der Waals surface area (Å²) in [6, 6.07) is 7.96. The number of phenols is 1. The van der Waals surface area contributed by atoms with Crippen LogP contribution in [0.25, 0.3) is 6.08 Å². The monoisotopic (exact) mass is 483 g/mol. The van der Waals surface area contributed by atoms with E-state index in [0.717, 1.165) is 23.5 Å². The summed E-state index contributed by atoms with van der Waals surface area (Å²) >= 11 is 0.999. The van der Waals surface area contributed by atoms with E-state index in [0.29, 0.717) is 11.3 Å². The lowest BCUT2D eigenvalue weighted by Gasteiger charge is -2.24. The largest absolute Gasteiger partial charge is 0.507 e. The van der Waals surface area contributed by atoms with Gasteiger partial charge in [0.2, 0.25) is 0 Å². The second-order valence-corrected chi connectivity index (χ2v) is 8.36. The van der Waals surface area contributed by atoms with Crippen molar-refractivity contribution in [3.05, 3.63) is 100 Å². The van der Waals surface area contributed by atoms with E-state index >= 15 is 0 Å². The average Bonchev–Trinajstić information content (AvgIpc) is 3.09. The number of carbonyl (C=O) groups excluding carboxylic acids is 1. The third-order valence-electron chi connectivity index (χ3n) is 5.21. The third kappa shape index (κ3) is 4.13. The van der Waals surface area contributed by atoms with E-state index in [1.807, 2.05) is 0 Å². The highest BCUT2D eigenvalue weighted by molar-refractivity contribution is 7.07. The zero-order valence-corrected chi connectivity index (χ0v) is 18.8. The number of non-ortho nitro benzene ring substituents is 1. The van der Waals surface area contributed by atoms with Gasteiger partial charge in [-0.25, -0.2) is 14.2 Å². The highest BCUT2D eigenvalue weighted by Crippen LogP contribution is 2.31. The molecule has 0 fully saturated rings. The standard InChI is InChI=1S/C23H18FN3O6S/c1-3-33-22(30)19-12(2)25-23-26(20(19)13-4-6-15(24)7-5-13)21(29)18(34-23)11-14-10-16(27(31)32)8-9-17(14)28/h4-11,20,28H,3H2,1-2H3/b18-11-/t20-/m1/s1. The van der Waals surface area contributed by atoms with Crippen molar-refractivity contribution in [2.24, 2.45) is 4.99 Å². The number of nitro benzene ring substituents is 1. The van der Waals surface area contributed by atoms with Crippen molar-refractivity contribution in [1.29, 1.82) is 0 Å². The van der Waals surface area contributed by atoms with Gasteiger partial charge in [0.25, 0.3) is 11.2 Å². The molecule has 3 aromatic rings. The van der Waals surface area contributed by atoms with E-state index in [1.165, 1.54) is 41.0 Å². The van der Waals surface area contributed by atoms with Crippen LogP contribution in [-0.4, -0.2) is 27.2 Å². The molecule has 1 aliphatic heterocycles. The fourth-order valence-corrected chi connectivity index (χ4v) is 4.70. The first-order valence-electron chi connectivity index (χ1n) is 10.1. The van der Waals surface area contributed by atoms with Gasteiger partial charge in [-0.3, -0.25) is 19.5 Å². The second-order valence-electron chi connectivity index (χ2n) is 7.35. The number of hydrogen-bond acceptors (Lipinski definition) is 8. The molecule has 0 bridgehead atoms. The van der Waals surface area contributed by atoms with Crippen molar-refractivity contribution in [1.82, 2.24) is 4.57 Å². The topological polar surface area (TPSA) is 124 Å². The Labute approximate surface area is 195 Å². The molecule has 1 atom stereocenters. The predicted molar refractivity (Wildman–Crippen MR) is 122 cm³/mol. The highest BCUT2D eigenvalue weighted by Gasteiger charge is 2.33. The molecule has 0 radical (unpaired) electrons. The Morgan fingerprint density at radius 1 is 1.32 bits per heavy atom. The fourth-order valence-electron chi connectivity index (χ4n) is 3.66. The lowest BCUT2D eigenvalue weighted by atomic mass is 9.96. The summed E-state index contributed by atoms with van der Waals surface area (Å²) in [7, 11) is 0. The minimum absolute atomic E-state index is 0.0825. The number of rotatable bonds is 5. The van der Waals surface area contributed by atoms with Gasteiger partial charge in [0.15, 0.2) is 4.80 Å². The molecule has 11 heteroatoms. The van der Waals surface area contributed by atoms with E-state index < -0.39 is 28.3 Å². The number of ether oxygens (including phenoxy) is 1. The van der Waals surface area contributed by atoms with Gasteiger partial charge in [0.1, 0.15) is 11.6 Å². The van der Waals surface area contributed by atoms with Gasteiger partial charge in [-0.15, -0.1) is 0 Å². The van der Waals surface area contributed by atoms with Crippen LogP contribution in [0.1, 0.15) is 31.0 Å². The van der Waals surface area contributed by atoms with Crippen LogP contribution in [0, 0.1) is 15.9 Å². The number of benzene rings is 2. The number of aromatic nitrogens is 1. The number of phenolic OH excluding ortho intramolecular Hbond substituents is 1. The lowest BCUT2D eigenvalue weighted by molar-refractivity contribution is -0.384. The van der Waals surface area contributed by atoms with Crippen molar-refractivity contribution in [3.8, 4) is 5.75 Å². The number of aromatic hydroxyl groups is 1. The molecule has 1 aliphatic rings. The van der Waals surface area contributed by atoms with Crippen LogP contribution in [0.4, 0.5) is 10.1 Å². The molecule has 4 rings (SSSR count). The number of halogens is 1. The molecule has 1 aromatic heterocycles. The van der Waals surface area contributed by atoms with Gasteiger partial charge in [0.05, 0.1) is 33.4 Å². The maximum Gasteiger partial charge on any atom is 0.338 e. The van der Waals surface area contributed by atoms with Crippen molar-refractivity contribution >= 4 is 29.1 Å². The van der Waals surface area contributed by atoms with Gasteiger partial charge >= 0.3 is 5.97 Å². The van der Waals surface area contributed by atoms with Crippen LogP contribution in [0.15, 0.2) is 63.5 Å². The van der Waals surface area contributed by atoms with Crippen molar-refractivity contribution in [2.75, 3.05) is 6.61 Å². The van der Waals surface area contributed by atoms with Gasteiger partial charge in [-0.1, -0.05) is 23.5 Å². The molecule has 174 valence electrons. The summed E-state index contributed by atoms with van der Waals surface area (Å²) in [4.78, 5) is 41.4. The molecule has 9 nitrogen and oxygen atoms in total. The summed E-state index contributed by atoms with van der Waals surface area (Å²) in [6.07, 6.45) is 1.33. The predicted octanol–water partition coefficient (Wildman–Crippen LogP) is 2.55. The molecule has 0 unspecified atom stereocenters. The first-order chi connectivity index (χ1) is 16.2. The lowest BCUT2D eigenvalue weighted by Crippen LogP contribution is -2.39. The number of nitrogens with zero attached hydrogens (tertiary/aromatic N) is 3. The molecule has 0 spiro atoms. The molecule has 0 saturated carbocycles. The molecule has 2 heterocycles. The molecule has 0 aliphatic carbocycles. The molecule has 0 saturated heterocycles. The summed E-state index contributed by atoms with van der Waals surface area (Å²) in [5.41, 5.74) is 0.271. The van der Waals surface area contributed by atoms with Gasteiger partial charge in [-0.05, 0) is 43.7 Å². The van der Waals surface area contributed by atoms with E-state index in [4.69, 9.17) is 4.74 Å². The first-order valence-corrected chi connectivity index (χ1v) is 11.0. The summed E-state index contributed by atoms with van der Waals surface area (Å²) in [5, 5.41) is 21.3. The molecule has 34 heavy (non-hydrogen) atoms. The van der Waals surface area contributed by atoms with Crippen LogP contribution < -0.4 is 14.9 Å². The number of allylic oxidation sites excluding steroid dienone is 1. The number of thiazole rings is 1.